The van der Waals surface area contributed by atoms with Crippen LogP contribution in [0.4, 0.5) is 0 Å². The molecule has 4 nitrogen and oxygen atoms in total. The van der Waals surface area contributed by atoms with Gasteiger partial charge in [-0.2, -0.15) is 0 Å². The Labute approximate surface area is 151 Å². The molecule has 2 aromatic carbocycles. The standard InChI is InChI=1S/C20H19NO3S/c1-3-24-16-11-9-15(10-12-16)17-18(20(23)21(2)19(17)22)25-13-14-7-5-4-6-8-14/h4-12H,3,13H2,1-2H3. The van der Waals surface area contributed by atoms with Crippen LogP contribution in [-0.4, -0.2) is 30.4 Å². The van der Waals surface area contributed by atoms with Crippen LogP contribution in [0.2, 0.25) is 0 Å². The summed E-state index contributed by atoms with van der Waals surface area (Å²) in [7, 11) is 1.52. The summed E-state index contributed by atoms with van der Waals surface area (Å²) in [4.78, 5) is 26.7. The highest BCUT2D eigenvalue weighted by Crippen LogP contribution is 2.37. The van der Waals surface area contributed by atoms with Gasteiger partial charge in [-0.3, -0.25) is 14.5 Å². The van der Waals surface area contributed by atoms with Gasteiger partial charge >= 0.3 is 0 Å². The maximum atomic E-state index is 12.6. The summed E-state index contributed by atoms with van der Waals surface area (Å²) in [5.41, 5.74) is 2.32. The molecule has 25 heavy (non-hydrogen) atoms. The average Bonchev–Trinajstić information content (AvgIpc) is 2.86. The molecule has 2 aromatic rings. The van der Waals surface area contributed by atoms with Crippen molar-refractivity contribution in [2.45, 2.75) is 12.7 Å². The number of imide groups is 1. The number of carbonyl (C=O) groups is 2. The summed E-state index contributed by atoms with van der Waals surface area (Å²) in [5, 5.41) is 0. The van der Waals surface area contributed by atoms with Gasteiger partial charge in [-0.05, 0) is 30.2 Å². The SMILES string of the molecule is CCOc1ccc(C2=C(SCc3ccccc3)C(=O)N(C)C2=O)cc1. The number of rotatable bonds is 6. The van der Waals surface area contributed by atoms with E-state index in [0.29, 0.717) is 22.8 Å². The zero-order valence-electron chi connectivity index (χ0n) is 14.2. The van der Waals surface area contributed by atoms with Crippen LogP contribution in [0.3, 0.4) is 0 Å². The Hall–Kier alpha value is -2.53. The molecular weight excluding hydrogens is 334 g/mol. The van der Waals surface area contributed by atoms with Crippen LogP contribution in [0, 0.1) is 0 Å². The fourth-order valence-electron chi connectivity index (χ4n) is 2.62. The third-order valence-electron chi connectivity index (χ3n) is 3.92. The molecule has 0 atom stereocenters. The van der Waals surface area contributed by atoms with E-state index >= 15 is 0 Å². The predicted molar refractivity (Wildman–Crippen MR) is 100 cm³/mol. The zero-order valence-corrected chi connectivity index (χ0v) is 15.0. The van der Waals surface area contributed by atoms with Gasteiger partial charge in [-0.25, -0.2) is 0 Å². The number of benzene rings is 2. The molecule has 5 heteroatoms. The lowest BCUT2D eigenvalue weighted by atomic mass is 10.1. The monoisotopic (exact) mass is 353 g/mol. The summed E-state index contributed by atoms with van der Waals surface area (Å²) in [6.45, 7) is 2.50. The number of carbonyl (C=O) groups excluding carboxylic acids is 2. The number of likely N-dealkylation sites (N-methyl/N-ethyl adjacent to an activating group) is 1. The van der Waals surface area contributed by atoms with E-state index in [1.165, 1.54) is 23.7 Å². The van der Waals surface area contributed by atoms with Gasteiger partial charge < -0.3 is 4.74 Å². The van der Waals surface area contributed by atoms with Gasteiger partial charge in [-0.1, -0.05) is 42.5 Å². The first-order valence-electron chi connectivity index (χ1n) is 8.08. The molecule has 0 aromatic heterocycles. The van der Waals surface area contributed by atoms with E-state index in [4.69, 9.17) is 4.74 Å². The smallest absolute Gasteiger partial charge is 0.267 e. The normalized spacial score (nSPS) is 14.4. The Kier molecular flexibility index (Phi) is 5.24. The maximum Gasteiger partial charge on any atom is 0.267 e. The lowest BCUT2D eigenvalue weighted by Crippen LogP contribution is -2.26. The predicted octanol–water partition coefficient (Wildman–Crippen LogP) is 3.73. The Balaban J connectivity index is 1.91. The summed E-state index contributed by atoms with van der Waals surface area (Å²) >= 11 is 1.41. The van der Waals surface area contributed by atoms with E-state index in [1.54, 1.807) is 0 Å². The number of ether oxygens (including phenoxy) is 1. The minimum absolute atomic E-state index is 0.241. The molecule has 3 rings (SSSR count). The molecule has 0 bridgehead atoms. The Bertz CT molecular complexity index is 813. The topological polar surface area (TPSA) is 46.6 Å². The fourth-order valence-corrected chi connectivity index (χ4v) is 3.73. The minimum atomic E-state index is -0.260. The Morgan fingerprint density at radius 3 is 2.28 bits per heavy atom. The molecule has 1 heterocycles. The first-order valence-corrected chi connectivity index (χ1v) is 9.07. The number of thioether (sulfide) groups is 1. The summed E-state index contributed by atoms with van der Waals surface area (Å²) in [6, 6.07) is 17.2. The van der Waals surface area contributed by atoms with Crippen molar-refractivity contribution >= 4 is 29.1 Å². The third kappa shape index (κ3) is 3.61. The quantitative estimate of drug-likeness (QED) is 0.743. The van der Waals surface area contributed by atoms with Crippen molar-refractivity contribution in [2.24, 2.45) is 0 Å². The van der Waals surface area contributed by atoms with Gasteiger partial charge in [-0.15, -0.1) is 11.8 Å². The van der Waals surface area contributed by atoms with Gasteiger partial charge in [0.2, 0.25) is 0 Å². The van der Waals surface area contributed by atoms with E-state index in [-0.39, 0.29) is 11.8 Å². The largest absolute Gasteiger partial charge is 0.494 e. The maximum absolute atomic E-state index is 12.6. The van der Waals surface area contributed by atoms with Crippen molar-refractivity contribution in [2.75, 3.05) is 13.7 Å². The van der Waals surface area contributed by atoms with Crippen molar-refractivity contribution in [1.29, 1.82) is 0 Å². The van der Waals surface area contributed by atoms with Gasteiger partial charge in [0, 0.05) is 12.8 Å². The van der Waals surface area contributed by atoms with E-state index < -0.39 is 0 Å². The van der Waals surface area contributed by atoms with Crippen molar-refractivity contribution in [3.05, 3.63) is 70.6 Å². The van der Waals surface area contributed by atoms with E-state index in [9.17, 15) is 9.59 Å². The van der Waals surface area contributed by atoms with Gasteiger partial charge in [0.1, 0.15) is 5.75 Å². The van der Waals surface area contributed by atoms with Crippen molar-refractivity contribution in [3.8, 4) is 5.75 Å². The second-order valence-corrected chi connectivity index (χ2v) is 6.59. The summed E-state index contributed by atoms with van der Waals surface area (Å²) in [6.07, 6.45) is 0. The third-order valence-corrected chi connectivity index (χ3v) is 5.07. The first-order chi connectivity index (χ1) is 12.1. The number of hydrogen-bond acceptors (Lipinski definition) is 4. The molecule has 2 amide bonds. The molecule has 0 N–H and O–H groups in total. The van der Waals surface area contributed by atoms with Crippen molar-refractivity contribution in [3.63, 3.8) is 0 Å². The summed E-state index contributed by atoms with van der Waals surface area (Å²) in [5.74, 6) is 0.888. The molecular formula is C20H19NO3S. The highest BCUT2D eigenvalue weighted by atomic mass is 32.2. The number of nitrogens with zero attached hydrogens (tertiary/aromatic N) is 1. The molecule has 0 saturated carbocycles. The molecule has 0 radical (unpaired) electrons. The Morgan fingerprint density at radius 1 is 0.960 bits per heavy atom. The van der Waals surface area contributed by atoms with E-state index in [1.807, 2.05) is 61.5 Å². The second-order valence-electron chi connectivity index (χ2n) is 5.61. The van der Waals surface area contributed by atoms with Crippen LogP contribution in [-0.2, 0) is 15.3 Å². The van der Waals surface area contributed by atoms with Crippen LogP contribution >= 0.6 is 11.8 Å². The number of hydrogen-bond donors (Lipinski definition) is 0. The van der Waals surface area contributed by atoms with Crippen molar-refractivity contribution in [1.82, 2.24) is 4.90 Å². The molecule has 1 aliphatic heterocycles. The van der Waals surface area contributed by atoms with Crippen LogP contribution < -0.4 is 4.74 Å². The zero-order chi connectivity index (χ0) is 17.8. The number of amides is 2. The van der Waals surface area contributed by atoms with Gasteiger partial charge in [0.05, 0.1) is 17.1 Å². The first kappa shape index (κ1) is 17.3. The molecule has 1 aliphatic rings. The lowest BCUT2D eigenvalue weighted by molar-refractivity contribution is -0.134. The van der Waals surface area contributed by atoms with Gasteiger partial charge in [0.15, 0.2) is 0 Å². The van der Waals surface area contributed by atoms with Crippen LogP contribution in [0.5, 0.6) is 5.75 Å². The molecule has 0 fully saturated rings. The van der Waals surface area contributed by atoms with E-state index in [0.717, 1.165) is 16.9 Å². The fraction of sp³-hybridized carbons (Fsp3) is 0.200. The second kappa shape index (κ2) is 7.57. The molecule has 0 unspecified atom stereocenters. The molecule has 0 saturated heterocycles. The molecule has 0 aliphatic carbocycles. The summed E-state index contributed by atoms with van der Waals surface area (Å²) < 4.78 is 5.44. The van der Waals surface area contributed by atoms with Crippen LogP contribution in [0.1, 0.15) is 18.1 Å². The minimum Gasteiger partial charge on any atom is -0.494 e. The molecule has 0 spiro atoms. The highest BCUT2D eigenvalue weighted by molar-refractivity contribution is 8.03. The highest BCUT2D eigenvalue weighted by Gasteiger charge is 2.36. The van der Waals surface area contributed by atoms with Gasteiger partial charge in [0.25, 0.3) is 11.8 Å². The van der Waals surface area contributed by atoms with Crippen molar-refractivity contribution < 1.29 is 14.3 Å². The average molecular weight is 353 g/mol. The molecule has 128 valence electrons. The lowest BCUT2D eigenvalue weighted by Gasteiger charge is -2.07. The van der Waals surface area contributed by atoms with Crippen LogP contribution in [0.15, 0.2) is 59.5 Å². The van der Waals surface area contributed by atoms with E-state index in [2.05, 4.69) is 0 Å². The Morgan fingerprint density at radius 2 is 1.64 bits per heavy atom. The van der Waals surface area contributed by atoms with Crippen LogP contribution in [0.25, 0.3) is 5.57 Å².